The molecule has 0 aliphatic heterocycles. The summed E-state index contributed by atoms with van der Waals surface area (Å²) in [6, 6.07) is 0. The summed E-state index contributed by atoms with van der Waals surface area (Å²) < 4.78 is 1.68. The lowest BCUT2D eigenvalue weighted by molar-refractivity contribution is 0.746. The summed E-state index contributed by atoms with van der Waals surface area (Å²) in [6.45, 7) is 7.29. The molecule has 7 heteroatoms. The Morgan fingerprint density at radius 2 is 1.84 bits per heavy atom. The van der Waals surface area contributed by atoms with Gasteiger partial charge in [0.25, 0.3) is 0 Å². The van der Waals surface area contributed by atoms with Crippen LogP contribution in [0.15, 0.2) is 6.33 Å². The second-order valence-corrected chi connectivity index (χ2v) is 4.31. The zero-order valence-corrected chi connectivity index (χ0v) is 11.7. The molecule has 2 rings (SSSR count). The van der Waals surface area contributed by atoms with Crippen molar-refractivity contribution in [2.75, 3.05) is 17.2 Å². The minimum atomic E-state index is 0.545. The van der Waals surface area contributed by atoms with Gasteiger partial charge in [-0.3, -0.25) is 4.68 Å². The molecule has 2 aromatic rings. The van der Waals surface area contributed by atoms with Gasteiger partial charge in [0.2, 0.25) is 0 Å². The smallest absolute Gasteiger partial charge is 0.169 e. The largest absolute Gasteiger partial charge is 0.370 e. The SMILES string of the molecule is CCNc1nc(C)nc(NCc2ncn(C)n2)c1C. The van der Waals surface area contributed by atoms with E-state index in [1.807, 2.05) is 27.8 Å². The van der Waals surface area contributed by atoms with Crippen LogP contribution in [0, 0.1) is 13.8 Å². The Bertz CT molecular complexity index is 561. The number of hydrogen-bond donors (Lipinski definition) is 2. The molecule has 0 aromatic carbocycles. The molecule has 0 spiro atoms. The van der Waals surface area contributed by atoms with E-state index >= 15 is 0 Å². The fourth-order valence-corrected chi connectivity index (χ4v) is 1.77. The normalized spacial score (nSPS) is 10.5. The van der Waals surface area contributed by atoms with Gasteiger partial charge in [0.1, 0.15) is 23.8 Å². The quantitative estimate of drug-likeness (QED) is 0.843. The molecular weight excluding hydrogens is 242 g/mol. The highest BCUT2D eigenvalue weighted by molar-refractivity contribution is 5.57. The van der Waals surface area contributed by atoms with E-state index < -0.39 is 0 Å². The molecule has 0 unspecified atom stereocenters. The van der Waals surface area contributed by atoms with Gasteiger partial charge in [-0.25, -0.2) is 15.0 Å². The monoisotopic (exact) mass is 261 g/mol. The lowest BCUT2D eigenvalue weighted by Crippen LogP contribution is -2.10. The van der Waals surface area contributed by atoms with Gasteiger partial charge in [-0.1, -0.05) is 0 Å². The van der Waals surface area contributed by atoms with Crippen LogP contribution in [0.3, 0.4) is 0 Å². The summed E-state index contributed by atoms with van der Waals surface area (Å²) in [7, 11) is 1.85. The average molecular weight is 261 g/mol. The molecule has 0 radical (unpaired) electrons. The van der Waals surface area contributed by atoms with Gasteiger partial charge in [0, 0.05) is 19.2 Å². The highest BCUT2D eigenvalue weighted by Gasteiger charge is 2.09. The molecule has 0 aliphatic carbocycles. The minimum Gasteiger partial charge on any atom is -0.370 e. The molecule has 0 aliphatic rings. The van der Waals surface area contributed by atoms with E-state index in [1.54, 1.807) is 11.0 Å². The van der Waals surface area contributed by atoms with E-state index in [2.05, 4.69) is 30.7 Å². The van der Waals surface area contributed by atoms with Gasteiger partial charge in [0.15, 0.2) is 5.82 Å². The molecular formula is C12H19N7. The van der Waals surface area contributed by atoms with Crippen molar-refractivity contribution >= 4 is 11.6 Å². The molecule has 0 fully saturated rings. The highest BCUT2D eigenvalue weighted by atomic mass is 15.3. The van der Waals surface area contributed by atoms with Crippen molar-refractivity contribution in [2.24, 2.45) is 7.05 Å². The third kappa shape index (κ3) is 3.18. The molecule has 102 valence electrons. The van der Waals surface area contributed by atoms with Gasteiger partial charge in [-0.2, -0.15) is 5.10 Å². The van der Waals surface area contributed by atoms with Crippen molar-refractivity contribution in [3.05, 3.63) is 23.5 Å². The minimum absolute atomic E-state index is 0.545. The first-order chi connectivity index (χ1) is 9.10. The van der Waals surface area contributed by atoms with Crippen LogP contribution in [0.1, 0.15) is 24.1 Å². The lowest BCUT2D eigenvalue weighted by Gasteiger charge is -2.12. The van der Waals surface area contributed by atoms with Crippen LogP contribution in [-0.2, 0) is 13.6 Å². The van der Waals surface area contributed by atoms with Crippen molar-refractivity contribution in [3.8, 4) is 0 Å². The maximum absolute atomic E-state index is 4.41. The predicted octanol–water partition coefficient (Wildman–Crippen LogP) is 1.27. The molecule has 0 amide bonds. The third-order valence-corrected chi connectivity index (χ3v) is 2.66. The van der Waals surface area contributed by atoms with Crippen LogP contribution in [0.25, 0.3) is 0 Å². The van der Waals surface area contributed by atoms with Crippen LogP contribution >= 0.6 is 0 Å². The number of nitrogens with one attached hydrogen (secondary N) is 2. The van der Waals surface area contributed by atoms with E-state index in [1.165, 1.54) is 0 Å². The van der Waals surface area contributed by atoms with Crippen molar-refractivity contribution in [1.82, 2.24) is 24.7 Å². The first-order valence-corrected chi connectivity index (χ1v) is 6.27. The summed E-state index contributed by atoms with van der Waals surface area (Å²) >= 11 is 0. The van der Waals surface area contributed by atoms with Crippen molar-refractivity contribution < 1.29 is 0 Å². The summed E-state index contributed by atoms with van der Waals surface area (Å²) in [5, 5.41) is 10.7. The first-order valence-electron chi connectivity index (χ1n) is 6.27. The summed E-state index contributed by atoms with van der Waals surface area (Å²) in [4.78, 5) is 13.0. The Morgan fingerprint density at radius 1 is 1.16 bits per heavy atom. The second kappa shape index (κ2) is 5.64. The molecule has 0 saturated carbocycles. The Morgan fingerprint density at radius 3 is 2.42 bits per heavy atom. The highest BCUT2D eigenvalue weighted by Crippen LogP contribution is 2.19. The number of nitrogens with zero attached hydrogens (tertiary/aromatic N) is 5. The maximum atomic E-state index is 4.41. The van der Waals surface area contributed by atoms with Crippen LogP contribution in [0.4, 0.5) is 11.6 Å². The molecule has 19 heavy (non-hydrogen) atoms. The molecule has 2 heterocycles. The zero-order chi connectivity index (χ0) is 13.8. The maximum Gasteiger partial charge on any atom is 0.169 e. The van der Waals surface area contributed by atoms with E-state index in [0.29, 0.717) is 6.54 Å². The van der Waals surface area contributed by atoms with Gasteiger partial charge < -0.3 is 10.6 Å². The van der Waals surface area contributed by atoms with Gasteiger partial charge in [-0.15, -0.1) is 0 Å². The summed E-state index contributed by atoms with van der Waals surface area (Å²) in [5.41, 5.74) is 1.00. The number of hydrogen-bond acceptors (Lipinski definition) is 6. The first kappa shape index (κ1) is 13.3. The number of rotatable bonds is 5. The van der Waals surface area contributed by atoms with Crippen molar-refractivity contribution in [3.63, 3.8) is 0 Å². The molecule has 2 N–H and O–H groups in total. The van der Waals surface area contributed by atoms with Crippen LogP contribution in [0.5, 0.6) is 0 Å². The summed E-state index contributed by atoms with van der Waals surface area (Å²) in [5.74, 6) is 3.16. The number of anilines is 2. The van der Waals surface area contributed by atoms with E-state index in [0.717, 1.165) is 35.4 Å². The van der Waals surface area contributed by atoms with Crippen LogP contribution in [-0.4, -0.2) is 31.3 Å². The van der Waals surface area contributed by atoms with E-state index in [9.17, 15) is 0 Å². The fourth-order valence-electron chi connectivity index (χ4n) is 1.77. The van der Waals surface area contributed by atoms with Crippen LogP contribution in [0.2, 0.25) is 0 Å². The Labute approximate surface area is 112 Å². The topological polar surface area (TPSA) is 80.5 Å². The lowest BCUT2D eigenvalue weighted by atomic mass is 10.3. The third-order valence-electron chi connectivity index (χ3n) is 2.66. The van der Waals surface area contributed by atoms with E-state index in [-0.39, 0.29) is 0 Å². The predicted molar refractivity (Wildman–Crippen MR) is 74.0 cm³/mol. The van der Waals surface area contributed by atoms with Gasteiger partial charge >= 0.3 is 0 Å². The van der Waals surface area contributed by atoms with Gasteiger partial charge in [-0.05, 0) is 20.8 Å². The Balaban J connectivity index is 2.15. The average Bonchev–Trinajstić information content (AvgIpc) is 2.78. The van der Waals surface area contributed by atoms with E-state index in [4.69, 9.17) is 0 Å². The molecule has 2 aromatic heterocycles. The fraction of sp³-hybridized carbons (Fsp3) is 0.500. The molecule has 0 bridgehead atoms. The molecule has 7 nitrogen and oxygen atoms in total. The number of aryl methyl sites for hydroxylation is 2. The summed E-state index contributed by atoms with van der Waals surface area (Å²) in [6.07, 6.45) is 1.68. The van der Waals surface area contributed by atoms with Crippen molar-refractivity contribution in [2.45, 2.75) is 27.3 Å². The van der Waals surface area contributed by atoms with Crippen LogP contribution < -0.4 is 10.6 Å². The Kier molecular flexibility index (Phi) is 3.94. The molecule has 0 saturated heterocycles. The second-order valence-electron chi connectivity index (χ2n) is 4.31. The Hall–Kier alpha value is -2.18. The van der Waals surface area contributed by atoms with Crippen molar-refractivity contribution in [1.29, 1.82) is 0 Å². The standard InChI is InChI=1S/C12H19N7/c1-5-13-11-8(2)12(17-9(3)16-11)14-6-10-15-7-19(4)18-10/h7H,5-6H2,1-4H3,(H2,13,14,16,17). The van der Waals surface area contributed by atoms with Gasteiger partial charge in [0.05, 0.1) is 6.54 Å². The molecule has 0 atom stereocenters. The number of aromatic nitrogens is 5. The zero-order valence-electron chi connectivity index (χ0n) is 11.7.